The Labute approximate surface area is 113 Å². The molecular formula is C8H10F5N4P3. The van der Waals surface area contributed by atoms with Crippen LogP contribution in [0.25, 0.3) is 0 Å². The summed E-state index contributed by atoms with van der Waals surface area (Å²) in [5, 5.41) is 0. The van der Waals surface area contributed by atoms with Crippen LogP contribution in [0.5, 0.6) is 0 Å². The quantitative estimate of drug-likeness (QED) is 0.436. The van der Waals surface area contributed by atoms with E-state index in [1.54, 1.807) is 30.3 Å². The number of halogens is 5. The Balaban J connectivity index is 2.39. The summed E-state index contributed by atoms with van der Waals surface area (Å²) in [5.74, 6) is 0. The van der Waals surface area contributed by atoms with Crippen LogP contribution in [0.4, 0.5) is 21.0 Å². The summed E-state index contributed by atoms with van der Waals surface area (Å²) in [4.78, 5) is 0. The van der Waals surface area contributed by atoms with Gasteiger partial charge in [0, 0.05) is 6.54 Å². The highest BCUT2D eigenvalue weighted by atomic mass is 31.3. The lowest BCUT2D eigenvalue weighted by molar-refractivity contribution is 0.504. The van der Waals surface area contributed by atoms with Crippen molar-refractivity contribution < 1.29 is 21.0 Å². The van der Waals surface area contributed by atoms with Crippen molar-refractivity contribution >= 4 is 23.3 Å². The third kappa shape index (κ3) is 3.79. The Morgan fingerprint density at radius 2 is 1.45 bits per heavy atom. The molecule has 112 valence electrons. The molecule has 1 aliphatic heterocycles. The van der Waals surface area contributed by atoms with E-state index < -0.39 is 23.3 Å². The highest BCUT2D eigenvalue weighted by Crippen LogP contribution is 2.82. The fourth-order valence-corrected chi connectivity index (χ4v) is 7.59. The average molecular weight is 350 g/mol. The van der Waals surface area contributed by atoms with Gasteiger partial charge in [0.1, 0.15) is 0 Å². The Bertz CT molecular complexity index is 656. The van der Waals surface area contributed by atoms with Crippen LogP contribution < -0.4 is 0 Å². The molecule has 0 N–H and O–H groups in total. The lowest BCUT2D eigenvalue weighted by Crippen LogP contribution is -2.11. The first-order chi connectivity index (χ1) is 9.12. The van der Waals surface area contributed by atoms with Gasteiger partial charge in [0.05, 0.1) is 0 Å². The van der Waals surface area contributed by atoms with Gasteiger partial charge in [-0.1, -0.05) is 30.3 Å². The number of hydrogen-bond donors (Lipinski definition) is 0. The molecule has 4 nitrogen and oxygen atoms in total. The fraction of sp³-hybridized carbons (Fsp3) is 0.250. The molecule has 0 bridgehead atoms. The van der Waals surface area contributed by atoms with E-state index >= 15 is 0 Å². The number of nitrogens with zero attached hydrogens (tertiary/aromatic N) is 4. The van der Waals surface area contributed by atoms with Crippen LogP contribution >= 0.6 is 23.3 Å². The van der Waals surface area contributed by atoms with E-state index in [0.29, 0.717) is 5.56 Å². The van der Waals surface area contributed by atoms with Gasteiger partial charge in [-0.2, -0.15) is 4.20 Å². The average Bonchev–Trinajstić information content (AvgIpc) is 2.25. The first kappa shape index (κ1) is 15.9. The number of rotatable bonds is 3. The topological polar surface area (TPSA) is 40.3 Å². The van der Waals surface area contributed by atoms with Gasteiger partial charge >= 0.3 is 23.3 Å². The third-order valence-electron chi connectivity index (χ3n) is 2.35. The zero-order valence-corrected chi connectivity index (χ0v) is 12.8. The van der Waals surface area contributed by atoms with E-state index in [-0.39, 0.29) is 6.54 Å². The second-order valence-electron chi connectivity index (χ2n) is 3.98. The van der Waals surface area contributed by atoms with Gasteiger partial charge in [-0.05, 0) is 12.6 Å². The molecular weight excluding hydrogens is 340 g/mol. The minimum absolute atomic E-state index is 0.141. The van der Waals surface area contributed by atoms with E-state index in [2.05, 4.69) is 9.03 Å². The minimum atomic E-state index is -5.65. The molecule has 20 heavy (non-hydrogen) atoms. The number of hydrogen-bond acceptors (Lipinski definition) is 4. The first-order valence-corrected chi connectivity index (χ1v) is 9.76. The lowest BCUT2D eigenvalue weighted by atomic mass is 10.2. The van der Waals surface area contributed by atoms with Crippen molar-refractivity contribution in [3.8, 4) is 0 Å². The monoisotopic (exact) mass is 350 g/mol. The van der Waals surface area contributed by atoms with Crippen molar-refractivity contribution in [2.45, 2.75) is 6.54 Å². The molecule has 0 aromatic heterocycles. The van der Waals surface area contributed by atoms with Gasteiger partial charge in [-0.3, -0.25) is 0 Å². The molecule has 12 heteroatoms. The SMILES string of the molecule is CN(Cc1ccccc1)P1(F)=NP(F)(F)=NP(F)(F)=N1. The van der Waals surface area contributed by atoms with E-state index in [4.69, 9.17) is 0 Å². The van der Waals surface area contributed by atoms with Crippen molar-refractivity contribution in [3.05, 3.63) is 35.9 Å². The second kappa shape index (κ2) is 5.38. The van der Waals surface area contributed by atoms with E-state index in [9.17, 15) is 21.0 Å². The molecule has 0 radical (unpaired) electrons. The van der Waals surface area contributed by atoms with Crippen molar-refractivity contribution in [3.63, 3.8) is 0 Å². The maximum absolute atomic E-state index is 14.4. The molecule has 0 fully saturated rings. The van der Waals surface area contributed by atoms with E-state index in [1.165, 1.54) is 0 Å². The lowest BCUT2D eigenvalue weighted by Gasteiger charge is -2.25. The summed E-state index contributed by atoms with van der Waals surface area (Å²) < 4.78 is 74.8. The molecule has 1 unspecified atom stereocenters. The smallest absolute Gasteiger partial charge is 0.225 e. The van der Waals surface area contributed by atoms with Gasteiger partial charge < -0.3 is 0 Å². The molecule has 1 aromatic rings. The predicted molar refractivity (Wildman–Crippen MR) is 71.5 cm³/mol. The van der Waals surface area contributed by atoms with Gasteiger partial charge in [0.25, 0.3) is 0 Å². The van der Waals surface area contributed by atoms with Crippen molar-refractivity contribution in [1.29, 1.82) is 0 Å². The van der Waals surface area contributed by atoms with Gasteiger partial charge in [-0.15, -0.1) is 30.3 Å². The van der Waals surface area contributed by atoms with Crippen LogP contribution in [0.1, 0.15) is 5.56 Å². The van der Waals surface area contributed by atoms with Crippen LogP contribution in [-0.4, -0.2) is 11.7 Å². The highest BCUT2D eigenvalue weighted by Gasteiger charge is 2.41. The summed E-state index contributed by atoms with van der Waals surface area (Å²) in [5.41, 5.74) is 0.586. The Morgan fingerprint density at radius 3 is 2.00 bits per heavy atom. The second-order valence-corrected chi connectivity index (χ2v) is 9.62. The van der Waals surface area contributed by atoms with Crippen molar-refractivity contribution in [2.75, 3.05) is 7.05 Å². The zero-order chi connectivity index (χ0) is 15.0. The first-order valence-electron chi connectivity index (χ1n) is 5.27. The van der Waals surface area contributed by atoms with Crippen LogP contribution in [0.2, 0.25) is 0 Å². The molecule has 0 saturated heterocycles. The minimum Gasteiger partial charge on any atom is -0.225 e. The van der Waals surface area contributed by atoms with Crippen LogP contribution in [0, 0.1) is 0 Å². The van der Waals surface area contributed by atoms with E-state index in [1.807, 2.05) is 4.52 Å². The predicted octanol–water partition coefficient (Wildman–Crippen LogP) is 6.82. The zero-order valence-electron chi connectivity index (χ0n) is 10.1. The molecule has 0 spiro atoms. The summed E-state index contributed by atoms with van der Waals surface area (Å²) in [6.07, 6.45) is 0. The van der Waals surface area contributed by atoms with Gasteiger partial charge in [0.15, 0.2) is 0 Å². The van der Waals surface area contributed by atoms with Crippen molar-refractivity contribution in [2.24, 2.45) is 13.5 Å². The standard InChI is InChI=1S/C8H10F5N4P3/c1-17(7-8-5-3-2-4-6-8)20(13)15-18(9,10)14-19(11,12)16-20/h2-6H,7H2,1H3. The van der Waals surface area contributed by atoms with Gasteiger partial charge in [0.2, 0.25) is 0 Å². The summed E-state index contributed by atoms with van der Waals surface area (Å²) in [7, 11) is -15.0. The molecule has 1 atom stereocenters. The van der Waals surface area contributed by atoms with E-state index in [0.717, 1.165) is 11.7 Å². The molecule has 1 heterocycles. The Hall–Kier alpha value is -0.480. The summed E-state index contributed by atoms with van der Waals surface area (Å²) >= 11 is 0. The molecule has 2 rings (SSSR count). The Kier molecular flexibility index (Phi) is 4.27. The maximum atomic E-state index is 14.4. The van der Waals surface area contributed by atoms with Crippen LogP contribution in [-0.2, 0) is 6.54 Å². The fourth-order valence-electron chi connectivity index (χ4n) is 1.53. The normalized spacial score (nSPS) is 27.4. The maximum Gasteiger partial charge on any atom is 0.424 e. The largest absolute Gasteiger partial charge is 0.424 e. The Morgan fingerprint density at radius 1 is 0.900 bits per heavy atom. The molecule has 0 saturated carbocycles. The van der Waals surface area contributed by atoms with Crippen molar-refractivity contribution in [1.82, 2.24) is 4.67 Å². The van der Waals surface area contributed by atoms with Crippen LogP contribution in [0.15, 0.2) is 43.9 Å². The number of benzene rings is 1. The summed E-state index contributed by atoms with van der Waals surface area (Å²) in [6.45, 7) is -0.141. The molecule has 1 aromatic carbocycles. The van der Waals surface area contributed by atoms with Gasteiger partial charge in [-0.25, -0.2) is 4.67 Å². The molecule has 1 aliphatic rings. The molecule has 0 aliphatic carbocycles. The van der Waals surface area contributed by atoms with Crippen LogP contribution in [0.3, 0.4) is 0 Å². The highest BCUT2D eigenvalue weighted by molar-refractivity contribution is 7.78. The third-order valence-corrected chi connectivity index (χ3v) is 8.62. The summed E-state index contributed by atoms with van der Waals surface area (Å²) in [6, 6.07) is 8.30. The molecule has 0 amide bonds.